The van der Waals surface area contributed by atoms with Crippen LogP contribution in [-0.2, 0) is 16.6 Å². The number of carbonyl (C=O) groups excluding carboxylic acids is 2. The second-order valence-electron chi connectivity index (χ2n) is 7.63. The molecular weight excluding hydrogens is 454 g/mol. The molecule has 0 saturated heterocycles. The lowest BCUT2D eigenvalue weighted by atomic mass is 10.1. The Balaban J connectivity index is 1.57. The smallest absolute Gasteiger partial charge is 0.255 e. The molecule has 4 N–H and O–H groups in total. The van der Waals surface area contributed by atoms with Gasteiger partial charge in [0.25, 0.3) is 11.8 Å². The van der Waals surface area contributed by atoms with Gasteiger partial charge in [-0.1, -0.05) is 31.5 Å². The number of ether oxygens (including phenoxy) is 1. The van der Waals surface area contributed by atoms with Gasteiger partial charge in [0.2, 0.25) is 10.0 Å². The molecule has 0 heterocycles. The summed E-state index contributed by atoms with van der Waals surface area (Å²) in [6, 6.07) is 19.4. The predicted molar refractivity (Wildman–Crippen MR) is 130 cm³/mol. The summed E-state index contributed by atoms with van der Waals surface area (Å²) >= 11 is 0. The average Bonchev–Trinajstić information content (AvgIpc) is 2.83. The Labute approximate surface area is 199 Å². The van der Waals surface area contributed by atoms with Gasteiger partial charge >= 0.3 is 0 Å². The van der Waals surface area contributed by atoms with E-state index in [2.05, 4.69) is 17.6 Å². The molecule has 178 valence electrons. The zero-order valence-corrected chi connectivity index (χ0v) is 19.6. The number of unbranched alkanes of at least 4 members (excludes halogenated alkanes) is 1. The monoisotopic (exact) mass is 481 g/mol. The molecule has 0 bridgehead atoms. The third-order valence-electron chi connectivity index (χ3n) is 4.97. The van der Waals surface area contributed by atoms with E-state index in [-0.39, 0.29) is 23.3 Å². The van der Waals surface area contributed by atoms with E-state index >= 15 is 0 Å². The van der Waals surface area contributed by atoms with E-state index in [1.807, 2.05) is 0 Å². The lowest BCUT2D eigenvalue weighted by molar-refractivity contribution is 0.0949. The normalized spacial score (nSPS) is 11.0. The summed E-state index contributed by atoms with van der Waals surface area (Å²) in [5, 5.41) is 10.6. The fraction of sp³-hybridized carbons (Fsp3) is 0.200. The van der Waals surface area contributed by atoms with Crippen molar-refractivity contribution < 1.29 is 22.7 Å². The lowest BCUT2D eigenvalue weighted by Gasteiger charge is -2.10. The molecule has 0 atom stereocenters. The van der Waals surface area contributed by atoms with Crippen LogP contribution in [-0.4, -0.2) is 26.8 Å². The van der Waals surface area contributed by atoms with Crippen molar-refractivity contribution in [3.8, 4) is 5.75 Å². The third kappa shape index (κ3) is 7.16. The molecule has 0 aliphatic heterocycles. The van der Waals surface area contributed by atoms with Gasteiger partial charge < -0.3 is 15.4 Å². The van der Waals surface area contributed by atoms with Crippen molar-refractivity contribution in [2.75, 3.05) is 11.9 Å². The van der Waals surface area contributed by atoms with Crippen LogP contribution in [0.15, 0.2) is 77.7 Å². The molecule has 9 heteroatoms. The topological polar surface area (TPSA) is 128 Å². The molecule has 0 spiro atoms. The van der Waals surface area contributed by atoms with Crippen LogP contribution in [0.3, 0.4) is 0 Å². The number of rotatable bonds is 10. The Kier molecular flexibility index (Phi) is 8.39. The highest BCUT2D eigenvalue weighted by Gasteiger charge is 2.11. The summed E-state index contributed by atoms with van der Waals surface area (Å²) in [5.41, 5.74) is 2.05. The number of benzene rings is 3. The zero-order valence-electron chi connectivity index (χ0n) is 18.8. The first-order chi connectivity index (χ1) is 16.3. The Morgan fingerprint density at radius 3 is 2.26 bits per heavy atom. The molecule has 3 aromatic rings. The minimum atomic E-state index is -3.76. The van der Waals surface area contributed by atoms with Crippen LogP contribution >= 0.6 is 0 Å². The maximum absolute atomic E-state index is 12.6. The highest BCUT2D eigenvalue weighted by molar-refractivity contribution is 7.89. The summed E-state index contributed by atoms with van der Waals surface area (Å²) in [5.74, 6) is 0.0794. The van der Waals surface area contributed by atoms with E-state index in [4.69, 9.17) is 9.88 Å². The van der Waals surface area contributed by atoms with Crippen molar-refractivity contribution in [3.05, 3.63) is 89.5 Å². The van der Waals surface area contributed by atoms with Gasteiger partial charge in [0.1, 0.15) is 5.75 Å². The molecular formula is C25H27N3O5S. The number of nitrogens with one attached hydrogen (secondary N) is 2. The van der Waals surface area contributed by atoms with Crippen molar-refractivity contribution in [3.63, 3.8) is 0 Å². The van der Waals surface area contributed by atoms with Gasteiger partial charge in [-0.15, -0.1) is 0 Å². The molecule has 34 heavy (non-hydrogen) atoms. The van der Waals surface area contributed by atoms with Gasteiger partial charge in [-0.2, -0.15) is 0 Å². The quantitative estimate of drug-likeness (QED) is 0.381. The minimum Gasteiger partial charge on any atom is -0.494 e. The summed E-state index contributed by atoms with van der Waals surface area (Å²) in [4.78, 5) is 25.1. The first-order valence-corrected chi connectivity index (χ1v) is 12.3. The second kappa shape index (κ2) is 11.4. The van der Waals surface area contributed by atoms with Crippen LogP contribution in [0, 0.1) is 0 Å². The first kappa shape index (κ1) is 24.9. The van der Waals surface area contributed by atoms with Crippen LogP contribution in [0.1, 0.15) is 46.0 Å². The SMILES string of the molecule is CCCCOc1ccc(C(=O)Nc2cccc(C(=O)NCc3ccc(S(N)(=O)=O)cc3)c2)cc1. The molecule has 2 amide bonds. The van der Waals surface area contributed by atoms with Crippen molar-refractivity contribution in [2.24, 2.45) is 5.14 Å². The van der Waals surface area contributed by atoms with Crippen molar-refractivity contribution in [1.82, 2.24) is 5.32 Å². The van der Waals surface area contributed by atoms with Gasteiger partial charge in [-0.3, -0.25) is 9.59 Å². The lowest BCUT2D eigenvalue weighted by Crippen LogP contribution is -2.23. The maximum atomic E-state index is 12.6. The molecule has 8 nitrogen and oxygen atoms in total. The van der Waals surface area contributed by atoms with E-state index in [9.17, 15) is 18.0 Å². The molecule has 0 aliphatic rings. The number of hydrogen-bond acceptors (Lipinski definition) is 5. The molecule has 0 fully saturated rings. The second-order valence-corrected chi connectivity index (χ2v) is 9.19. The van der Waals surface area contributed by atoms with Crippen LogP contribution in [0.2, 0.25) is 0 Å². The van der Waals surface area contributed by atoms with E-state index in [1.54, 1.807) is 60.7 Å². The molecule has 3 rings (SSSR count). The van der Waals surface area contributed by atoms with Crippen LogP contribution < -0.4 is 20.5 Å². The number of anilines is 1. The van der Waals surface area contributed by atoms with E-state index in [0.29, 0.717) is 34.7 Å². The summed E-state index contributed by atoms with van der Waals surface area (Å²) in [7, 11) is -3.76. The maximum Gasteiger partial charge on any atom is 0.255 e. The van der Waals surface area contributed by atoms with E-state index in [0.717, 1.165) is 12.8 Å². The van der Waals surface area contributed by atoms with E-state index < -0.39 is 10.0 Å². The molecule has 3 aromatic carbocycles. The number of amides is 2. The van der Waals surface area contributed by atoms with Gasteiger partial charge in [-0.05, 0) is 66.6 Å². The Morgan fingerprint density at radius 1 is 0.912 bits per heavy atom. The molecule has 0 aliphatic carbocycles. The van der Waals surface area contributed by atoms with Gasteiger partial charge in [0.05, 0.1) is 11.5 Å². The summed E-state index contributed by atoms with van der Waals surface area (Å²) in [6.45, 7) is 2.93. The number of nitrogens with two attached hydrogens (primary N) is 1. The molecule has 0 aromatic heterocycles. The predicted octanol–water partition coefficient (Wildman–Crippen LogP) is 3.70. The number of carbonyl (C=O) groups is 2. The van der Waals surface area contributed by atoms with Crippen molar-refractivity contribution in [2.45, 2.75) is 31.2 Å². The van der Waals surface area contributed by atoms with Crippen molar-refractivity contribution in [1.29, 1.82) is 0 Å². The highest BCUT2D eigenvalue weighted by atomic mass is 32.2. The number of hydrogen-bond donors (Lipinski definition) is 3. The highest BCUT2D eigenvalue weighted by Crippen LogP contribution is 2.16. The van der Waals surface area contributed by atoms with E-state index in [1.165, 1.54) is 12.1 Å². The first-order valence-electron chi connectivity index (χ1n) is 10.8. The van der Waals surface area contributed by atoms with Crippen LogP contribution in [0.4, 0.5) is 5.69 Å². The van der Waals surface area contributed by atoms with Crippen LogP contribution in [0.5, 0.6) is 5.75 Å². The largest absolute Gasteiger partial charge is 0.494 e. The molecule has 0 radical (unpaired) electrons. The minimum absolute atomic E-state index is 0.00433. The summed E-state index contributed by atoms with van der Waals surface area (Å²) < 4.78 is 28.3. The Hall–Kier alpha value is -3.69. The van der Waals surface area contributed by atoms with Gasteiger partial charge in [-0.25, -0.2) is 13.6 Å². The Bertz CT molecular complexity index is 1240. The zero-order chi connectivity index (χ0) is 24.6. The fourth-order valence-electron chi connectivity index (χ4n) is 3.06. The Morgan fingerprint density at radius 2 is 1.62 bits per heavy atom. The fourth-order valence-corrected chi connectivity index (χ4v) is 3.58. The number of primary sulfonamides is 1. The molecule has 0 saturated carbocycles. The third-order valence-corrected chi connectivity index (χ3v) is 5.90. The van der Waals surface area contributed by atoms with Crippen molar-refractivity contribution >= 4 is 27.5 Å². The van der Waals surface area contributed by atoms with Gasteiger partial charge in [0, 0.05) is 23.4 Å². The van der Waals surface area contributed by atoms with Gasteiger partial charge in [0.15, 0.2) is 0 Å². The molecule has 0 unspecified atom stereocenters. The summed E-state index contributed by atoms with van der Waals surface area (Å²) in [6.07, 6.45) is 2.02. The standard InChI is InChI=1S/C25H27N3O5S/c1-2-3-15-33-22-11-9-19(10-12-22)25(30)28-21-6-4-5-20(16-21)24(29)27-17-18-7-13-23(14-8-18)34(26,31)32/h4-14,16H,2-3,15,17H2,1H3,(H,27,29)(H,28,30)(H2,26,31,32). The van der Waals surface area contributed by atoms with Crippen LogP contribution in [0.25, 0.3) is 0 Å². The number of sulfonamides is 1. The average molecular weight is 482 g/mol.